The van der Waals surface area contributed by atoms with Gasteiger partial charge in [0, 0.05) is 6.04 Å². The molecule has 1 aromatic carbocycles. The minimum absolute atomic E-state index is 0.656. The second-order valence-corrected chi connectivity index (χ2v) is 6.21. The monoisotopic (exact) mass is 289 g/mol. The highest BCUT2D eigenvalue weighted by Crippen LogP contribution is 2.36. The second kappa shape index (κ2) is 9.09. The summed E-state index contributed by atoms with van der Waals surface area (Å²) in [4.78, 5) is 0. The van der Waals surface area contributed by atoms with E-state index in [-0.39, 0.29) is 0 Å². The SMILES string of the molecule is CCCCCCC(CC1CCOc2ccccc21)NCC. The summed E-state index contributed by atoms with van der Waals surface area (Å²) in [6.45, 7) is 6.44. The molecule has 21 heavy (non-hydrogen) atoms. The van der Waals surface area contributed by atoms with Gasteiger partial charge in [-0.3, -0.25) is 0 Å². The number of para-hydroxylation sites is 1. The first-order valence-corrected chi connectivity index (χ1v) is 8.80. The molecule has 1 N–H and O–H groups in total. The van der Waals surface area contributed by atoms with E-state index in [0.29, 0.717) is 12.0 Å². The zero-order valence-electron chi connectivity index (χ0n) is 13.7. The van der Waals surface area contributed by atoms with Gasteiger partial charge in [0.15, 0.2) is 0 Å². The lowest BCUT2D eigenvalue weighted by Crippen LogP contribution is -2.31. The second-order valence-electron chi connectivity index (χ2n) is 6.21. The Morgan fingerprint density at radius 1 is 1.19 bits per heavy atom. The fourth-order valence-electron chi connectivity index (χ4n) is 3.41. The maximum atomic E-state index is 5.79. The highest BCUT2D eigenvalue weighted by Gasteiger charge is 2.23. The largest absolute Gasteiger partial charge is 0.493 e. The fourth-order valence-corrected chi connectivity index (χ4v) is 3.41. The van der Waals surface area contributed by atoms with E-state index in [1.54, 1.807) is 0 Å². The average Bonchev–Trinajstić information content (AvgIpc) is 2.52. The van der Waals surface area contributed by atoms with Gasteiger partial charge in [-0.1, -0.05) is 57.7 Å². The Kier molecular flexibility index (Phi) is 7.08. The molecular weight excluding hydrogens is 258 g/mol. The van der Waals surface area contributed by atoms with Gasteiger partial charge in [-0.25, -0.2) is 0 Å². The van der Waals surface area contributed by atoms with Crippen LogP contribution >= 0.6 is 0 Å². The van der Waals surface area contributed by atoms with E-state index >= 15 is 0 Å². The molecule has 1 aliphatic heterocycles. The molecule has 1 aromatic rings. The lowest BCUT2D eigenvalue weighted by Gasteiger charge is -2.29. The van der Waals surface area contributed by atoms with Gasteiger partial charge in [-0.15, -0.1) is 0 Å². The number of ether oxygens (including phenoxy) is 1. The summed E-state index contributed by atoms with van der Waals surface area (Å²) in [6, 6.07) is 9.24. The third-order valence-electron chi connectivity index (χ3n) is 4.55. The molecule has 0 amide bonds. The highest BCUT2D eigenvalue weighted by molar-refractivity contribution is 5.37. The summed E-state index contributed by atoms with van der Waals surface area (Å²) in [5, 5.41) is 3.70. The van der Waals surface area contributed by atoms with E-state index in [1.807, 2.05) is 0 Å². The predicted molar refractivity (Wildman–Crippen MR) is 90.1 cm³/mol. The average molecular weight is 289 g/mol. The lowest BCUT2D eigenvalue weighted by atomic mass is 9.86. The number of rotatable bonds is 9. The molecule has 0 radical (unpaired) electrons. The van der Waals surface area contributed by atoms with Crippen molar-refractivity contribution in [2.45, 2.75) is 70.8 Å². The summed E-state index contributed by atoms with van der Waals surface area (Å²) < 4.78 is 5.79. The zero-order valence-corrected chi connectivity index (χ0v) is 13.7. The van der Waals surface area contributed by atoms with E-state index in [1.165, 1.54) is 44.1 Å². The van der Waals surface area contributed by atoms with Crippen molar-refractivity contribution < 1.29 is 4.74 Å². The summed E-state index contributed by atoms with van der Waals surface area (Å²) in [5.41, 5.74) is 1.42. The first-order chi connectivity index (χ1) is 10.3. The Labute approximate surface area is 130 Å². The number of benzene rings is 1. The maximum absolute atomic E-state index is 5.79. The van der Waals surface area contributed by atoms with E-state index in [4.69, 9.17) is 4.74 Å². The van der Waals surface area contributed by atoms with Crippen LogP contribution < -0.4 is 10.1 Å². The Bertz CT molecular complexity index is 404. The minimum Gasteiger partial charge on any atom is -0.493 e. The summed E-state index contributed by atoms with van der Waals surface area (Å²) in [6.07, 6.45) is 9.15. The van der Waals surface area contributed by atoms with Crippen LogP contribution in [0.3, 0.4) is 0 Å². The van der Waals surface area contributed by atoms with Crippen molar-refractivity contribution in [3.8, 4) is 5.75 Å². The van der Waals surface area contributed by atoms with Gasteiger partial charge in [0.05, 0.1) is 6.61 Å². The van der Waals surface area contributed by atoms with Crippen LogP contribution in [0.15, 0.2) is 24.3 Å². The molecule has 0 saturated heterocycles. The summed E-state index contributed by atoms with van der Waals surface area (Å²) in [5.74, 6) is 1.76. The Balaban J connectivity index is 1.91. The standard InChI is InChI=1S/C19H31NO/c1-3-5-6-7-10-17(20-4-2)15-16-13-14-21-19-12-9-8-11-18(16)19/h8-9,11-12,16-17,20H,3-7,10,13-15H2,1-2H3. The van der Waals surface area contributed by atoms with Gasteiger partial charge in [0.25, 0.3) is 0 Å². The van der Waals surface area contributed by atoms with Gasteiger partial charge in [0.1, 0.15) is 5.75 Å². The van der Waals surface area contributed by atoms with Gasteiger partial charge in [-0.2, -0.15) is 0 Å². The molecule has 2 unspecified atom stereocenters. The van der Waals surface area contributed by atoms with E-state index in [9.17, 15) is 0 Å². The van der Waals surface area contributed by atoms with Crippen LogP contribution in [0, 0.1) is 0 Å². The number of hydrogen-bond donors (Lipinski definition) is 1. The molecule has 2 heteroatoms. The molecular formula is C19H31NO. The van der Waals surface area contributed by atoms with Crippen LogP contribution in [0.1, 0.15) is 70.3 Å². The molecule has 0 aromatic heterocycles. The number of unbranched alkanes of at least 4 members (excludes halogenated alkanes) is 3. The van der Waals surface area contributed by atoms with Crippen molar-refractivity contribution in [1.29, 1.82) is 0 Å². The molecule has 1 aliphatic rings. The van der Waals surface area contributed by atoms with Crippen molar-refractivity contribution in [3.63, 3.8) is 0 Å². The molecule has 2 nitrogen and oxygen atoms in total. The zero-order chi connectivity index (χ0) is 14.9. The van der Waals surface area contributed by atoms with Crippen molar-refractivity contribution >= 4 is 0 Å². The van der Waals surface area contributed by atoms with Gasteiger partial charge < -0.3 is 10.1 Å². The van der Waals surface area contributed by atoms with Crippen LogP contribution in [0.2, 0.25) is 0 Å². The van der Waals surface area contributed by atoms with Crippen molar-refractivity contribution in [2.75, 3.05) is 13.2 Å². The maximum Gasteiger partial charge on any atom is 0.122 e. The van der Waals surface area contributed by atoms with Gasteiger partial charge >= 0.3 is 0 Å². The topological polar surface area (TPSA) is 21.3 Å². The first-order valence-electron chi connectivity index (χ1n) is 8.80. The van der Waals surface area contributed by atoms with Crippen LogP contribution in [-0.2, 0) is 0 Å². The van der Waals surface area contributed by atoms with Crippen LogP contribution in [0.5, 0.6) is 5.75 Å². The molecule has 2 atom stereocenters. The highest BCUT2D eigenvalue weighted by atomic mass is 16.5. The minimum atomic E-state index is 0.656. The van der Waals surface area contributed by atoms with Crippen LogP contribution in [0.25, 0.3) is 0 Å². The first kappa shape index (κ1) is 16.4. The van der Waals surface area contributed by atoms with Crippen molar-refractivity contribution in [1.82, 2.24) is 5.32 Å². The molecule has 118 valence electrons. The molecule has 0 spiro atoms. The molecule has 1 heterocycles. The van der Waals surface area contributed by atoms with E-state index < -0.39 is 0 Å². The number of hydrogen-bond acceptors (Lipinski definition) is 2. The van der Waals surface area contributed by atoms with E-state index in [2.05, 4.69) is 43.4 Å². The summed E-state index contributed by atoms with van der Waals surface area (Å²) in [7, 11) is 0. The third kappa shape index (κ3) is 5.03. The van der Waals surface area contributed by atoms with Crippen LogP contribution in [0.4, 0.5) is 0 Å². The quantitative estimate of drug-likeness (QED) is 0.653. The Morgan fingerprint density at radius 3 is 2.86 bits per heavy atom. The molecule has 0 aliphatic carbocycles. The van der Waals surface area contributed by atoms with Crippen molar-refractivity contribution in [2.24, 2.45) is 0 Å². The van der Waals surface area contributed by atoms with Gasteiger partial charge in [0.2, 0.25) is 0 Å². The molecule has 0 bridgehead atoms. The Hall–Kier alpha value is -1.02. The smallest absolute Gasteiger partial charge is 0.122 e. The van der Waals surface area contributed by atoms with Gasteiger partial charge in [-0.05, 0) is 43.4 Å². The third-order valence-corrected chi connectivity index (χ3v) is 4.55. The molecule has 0 fully saturated rings. The molecule has 0 saturated carbocycles. The lowest BCUT2D eigenvalue weighted by molar-refractivity contribution is 0.253. The number of nitrogens with one attached hydrogen (secondary N) is 1. The normalized spacial score (nSPS) is 18.9. The summed E-state index contributed by atoms with van der Waals surface area (Å²) >= 11 is 0. The fraction of sp³-hybridized carbons (Fsp3) is 0.684. The van der Waals surface area contributed by atoms with Crippen molar-refractivity contribution in [3.05, 3.63) is 29.8 Å². The number of fused-ring (bicyclic) bond motifs is 1. The Morgan fingerprint density at radius 2 is 2.05 bits per heavy atom. The van der Waals surface area contributed by atoms with Crippen LogP contribution in [-0.4, -0.2) is 19.2 Å². The predicted octanol–water partition coefficient (Wildman–Crippen LogP) is 4.89. The van der Waals surface area contributed by atoms with E-state index in [0.717, 1.165) is 25.3 Å². The molecule has 2 rings (SSSR count).